The molecule has 7 nitrogen and oxygen atoms in total. The molecule has 0 aromatic rings. The van der Waals surface area contributed by atoms with Crippen LogP contribution in [0.5, 0.6) is 0 Å². The maximum atomic E-state index is 11.5. The number of rotatable bonds is 23. The Morgan fingerprint density at radius 1 is 0.697 bits per heavy atom. The third kappa shape index (κ3) is 19.2. The Kier molecular flexibility index (Phi) is 20.0. The normalized spacial score (nSPS) is 12.9. The number of carbonyl (C=O) groups is 2. The van der Waals surface area contributed by atoms with Crippen molar-refractivity contribution in [3.05, 3.63) is 0 Å². The molecule has 0 rings (SSSR count). The van der Waals surface area contributed by atoms with Crippen LogP contribution in [0.4, 0.5) is 0 Å². The molecule has 0 fully saturated rings. The highest BCUT2D eigenvalue weighted by molar-refractivity contribution is 5.81. The van der Waals surface area contributed by atoms with Crippen molar-refractivity contribution in [2.45, 2.75) is 86.2 Å². The van der Waals surface area contributed by atoms with Crippen LogP contribution >= 0.6 is 0 Å². The number of hydrogen-bond acceptors (Lipinski definition) is 7. The van der Waals surface area contributed by atoms with E-state index >= 15 is 0 Å². The van der Waals surface area contributed by atoms with Gasteiger partial charge in [0.2, 0.25) is 0 Å². The Morgan fingerprint density at radius 2 is 1.27 bits per heavy atom. The second-order valence-electron chi connectivity index (χ2n) is 9.79. The molecule has 0 aromatic heterocycles. The highest BCUT2D eigenvalue weighted by Gasteiger charge is 2.12. The predicted octanol–water partition coefficient (Wildman–Crippen LogP) is 3.74. The van der Waals surface area contributed by atoms with Crippen LogP contribution in [-0.2, 0) is 23.8 Å². The van der Waals surface area contributed by atoms with Crippen LogP contribution in [0.25, 0.3) is 0 Å². The van der Waals surface area contributed by atoms with Crippen LogP contribution in [0.15, 0.2) is 0 Å². The van der Waals surface area contributed by atoms with Crippen molar-refractivity contribution in [3.8, 4) is 0 Å². The lowest BCUT2D eigenvalue weighted by atomic mass is 10.1. The van der Waals surface area contributed by atoms with Gasteiger partial charge in [-0.1, -0.05) is 27.7 Å². The average molecular weight is 473 g/mol. The van der Waals surface area contributed by atoms with Crippen LogP contribution in [0, 0.1) is 11.8 Å². The van der Waals surface area contributed by atoms with Gasteiger partial charge in [-0.2, -0.15) is 0 Å². The van der Waals surface area contributed by atoms with Crippen molar-refractivity contribution in [2.24, 2.45) is 11.8 Å². The molecule has 0 aliphatic heterocycles. The van der Waals surface area contributed by atoms with E-state index in [1.54, 1.807) is 0 Å². The summed E-state index contributed by atoms with van der Waals surface area (Å²) in [5.41, 5.74) is 0. The SMILES string of the molecule is CC(CCN(CCOCCOCC(=O)C(C)C)C(C)C)NCCCCCOCC(=O)C(C)C. The van der Waals surface area contributed by atoms with Crippen molar-refractivity contribution >= 4 is 11.6 Å². The average Bonchev–Trinajstić information content (AvgIpc) is 2.75. The van der Waals surface area contributed by atoms with Gasteiger partial charge in [-0.3, -0.25) is 14.5 Å². The fraction of sp³-hybridized carbons (Fsp3) is 0.923. The van der Waals surface area contributed by atoms with Gasteiger partial charge in [0.15, 0.2) is 11.6 Å². The zero-order valence-corrected chi connectivity index (χ0v) is 22.5. The molecule has 1 N–H and O–H groups in total. The van der Waals surface area contributed by atoms with E-state index in [0.717, 1.165) is 45.3 Å². The quantitative estimate of drug-likeness (QED) is 0.227. The van der Waals surface area contributed by atoms with E-state index in [2.05, 4.69) is 31.0 Å². The van der Waals surface area contributed by atoms with E-state index in [1.807, 2.05) is 27.7 Å². The second-order valence-corrected chi connectivity index (χ2v) is 9.79. The maximum Gasteiger partial charge on any atom is 0.160 e. The van der Waals surface area contributed by atoms with Crippen LogP contribution in [0.3, 0.4) is 0 Å². The van der Waals surface area contributed by atoms with Gasteiger partial charge in [0.05, 0.1) is 19.8 Å². The number of carbonyl (C=O) groups excluding carboxylic acids is 2. The van der Waals surface area contributed by atoms with Gasteiger partial charge in [0, 0.05) is 37.1 Å². The topological polar surface area (TPSA) is 77.1 Å². The van der Waals surface area contributed by atoms with E-state index in [4.69, 9.17) is 14.2 Å². The van der Waals surface area contributed by atoms with Crippen molar-refractivity contribution in [3.63, 3.8) is 0 Å². The Balaban J connectivity index is 3.72. The summed E-state index contributed by atoms with van der Waals surface area (Å²) in [4.78, 5) is 25.4. The number of hydrogen-bond donors (Lipinski definition) is 1. The first-order valence-corrected chi connectivity index (χ1v) is 12.9. The lowest BCUT2D eigenvalue weighted by molar-refractivity contribution is -0.127. The van der Waals surface area contributed by atoms with E-state index in [1.165, 1.54) is 0 Å². The molecular formula is C26H52N2O5. The number of ketones is 2. The van der Waals surface area contributed by atoms with Crippen molar-refractivity contribution in [1.29, 1.82) is 0 Å². The number of nitrogens with zero attached hydrogens (tertiary/aromatic N) is 1. The molecule has 0 amide bonds. The molecule has 0 saturated carbocycles. The monoisotopic (exact) mass is 472 g/mol. The summed E-state index contributed by atoms with van der Waals surface area (Å²) >= 11 is 0. The predicted molar refractivity (Wildman–Crippen MR) is 135 cm³/mol. The summed E-state index contributed by atoms with van der Waals surface area (Å²) in [5.74, 6) is 0.389. The van der Waals surface area contributed by atoms with Gasteiger partial charge in [0.25, 0.3) is 0 Å². The van der Waals surface area contributed by atoms with Crippen LogP contribution in [0.1, 0.15) is 74.1 Å². The van der Waals surface area contributed by atoms with Gasteiger partial charge in [-0.05, 0) is 59.5 Å². The lowest BCUT2D eigenvalue weighted by Gasteiger charge is -2.28. The number of Topliss-reactive ketones (excluding diaryl/α,β-unsaturated/α-hetero) is 2. The van der Waals surface area contributed by atoms with E-state index in [-0.39, 0.29) is 36.6 Å². The van der Waals surface area contributed by atoms with Gasteiger partial charge in [0.1, 0.15) is 13.2 Å². The minimum absolute atomic E-state index is 0.0227. The standard InChI is InChI=1S/C26H52N2O5/c1-21(2)25(29)19-32-15-10-8-9-12-27-24(7)11-13-28(23(5)6)14-16-31-17-18-33-20-26(30)22(3)4/h21-24,27H,8-20H2,1-7H3. The molecule has 0 heterocycles. The molecule has 0 aliphatic carbocycles. The van der Waals surface area contributed by atoms with Crippen molar-refractivity contribution in [1.82, 2.24) is 10.2 Å². The molecule has 196 valence electrons. The zero-order valence-electron chi connectivity index (χ0n) is 22.5. The van der Waals surface area contributed by atoms with Gasteiger partial charge in [-0.15, -0.1) is 0 Å². The molecular weight excluding hydrogens is 420 g/mol. The fourth-order valence-corrected chi connectivity index (χ4v) is 3.02. The Morgan fingerprint density at radius 3 is 1.85 bits per heavy atom. The first kappa shape index (κ1) is 32.1. The Bertz CT molecular complexity index is 497. The molecule has 1 unspecified atom stereocenters. The highest BCUT2D eigenvalue weighted by atomic mass is 16.5. The summed E-state index contributed by atoms with van der Waals surface area (Å²) in [5, 5.41) is 3.61. The third-order valence-electron chi connectivity index (χ3n) is 5.71. The number of ether oxygens (including phenoxy) is 3. The van der Waals surface area contributed by atoms with E-state index in [9.17, 15) is 9.59 Å². The zero-order chi connectivity index (χ0) is 25.1. The van der Waals surface area contributed by atoms with Crippen molar-refractivity contribution in [2.75, 3.05) is 59.3 Å². The van der Waals surface area contributed by atoms with Gasteiger partial charge >= 0.3 is 0 Å². The molecule has 0 bridgehead atoms. The molecule has 33 heavy (non-hydrogen) atoms. The molecule has 0 aliphatic rings. The molecule has 1 atom stereocenters. The number of nitrogens with one attached hydrogen (secondary N) is 1. The van der Waals surface area contributed by atoms with Crippen LogP contribution < -0.4 is 5.32 Å². The smallest absolute Gasteiger partial charge is 0.160 e. The largest absolute Gasteiger partial charge is 0.378 e. The summed E-state index contributed by atoms with van der Waals surface area (Å²) in [6, 6.07) is 0.947. The Hall–Kier alpha value is -0.860. The maximum absolute atomic E-state index is 11.5. The first-order chi connectivity index (χ1) is 15.6. The van der Waals surface area contributed by atoms with E-state index in [0.29, 0.717) is 38.5 Å². The molecule has 0 aromatic carbocycles. The van der Waals surface area contributed by atoms with Gasteiger partial charge in [-0.25, -0.2) is 0 Å². The second kappa shape index (κ2) is 20.5. The fourth-order valence-electron chi connectivity index (χ4n) is 3.02. The highest BCUT2D eigenvalue weighted by Crippen LogP contribution is 2.03. The molecule has 0 radical (unpaired) electrons. The first-order valence-electron chi connectivity index (χ1n) is 12.9. The number of unbranched alkanes of at least 4 members (excludes halogenated alkanes) is 2. The Labute approximate surface area is 203 Å². The molecule has 0 saturated heterocycles. The summed E-state index contributed by atoms with van der Waals surface area (Å²) in [6.45, 7) is 20.0. The third-order valence-corrected chi connectivity index (χ3v) is 5.71. The van der Waals surface area contributed by atoms with E-state index < -0.39 is 0 Å². The summed E-state index contributed by atoms with van der Waals surface area (Å²) in [7, 11) is 0. The van der Waals surface area contributed by atoms with Gasteiger partial charge < -0.3 is 19.5 Å². The summed E-state index contributed by atoms with van der Waals surface area (Å²) < 4.78 is 16.5. The van der Waals surface area contributed by atoms with Crippen LogP contribution in [-0.4, -0.2) is 87.8 Å². The summed E-state index contributed by atoms with van der Waals surface area (Å²) in [6.07, 6.45) is 4.33. The van der Waals surface area contributed by atoms with Crippen molar-refractivity contribution < 1.29 is 23.8 Å². The molecule has 0 spiro atoms. The molecule has 7 heteroatoms. The van der Waals surface area contributed by atoms with Crippen LogP contribution in [0.2, 0.25) is 0 Å². The lowest BCUT2D eigenvalue weighted by Crippen LogP contribution is -2.38. The minimum Gasteiger partial charge on any atom is -0.378 e. The minimum atomic E-state index is 0.0227.